The Hall–Kier alpha value is -2.79. The van der Waals surface area contributed by atoms with E-state index in [4.69, 9.17) is 10.9 Å². The number of nitrogens with two attached hydrogens (primary N) is 1. The number of nitro groups is 1. The smallest absolute Gasteiger partial charge is 0.344 e. The highest BCUT2D eigenvalue weighted by molar-refractivity contribution is 5.14. The van der Waals surface area contributed by atoms with E-state index in [9.17, 15) is 10.1 Å². The molecule has 0 aliphatic carbocycles. The van der Waals surface area contributed by atoms with E-state index in [-0.39, 0.29) is 16.7 Å². The van der Waals surface area contributed by atoms with Gasteiger partial charge in [-0.25, -0.2) is 10.1 Å². The zero-order chi connectivity index (χ0) is 11.0. The van der Waals surface area contributed by atoms with Crippen LogP contribution in [0.15, 0.2) is 5.10 Å². The minimum Gasteiger partial charge on any atom is -0.409 e. The van der Waals surface area contributed by atoms with Crippen LogP contribution in [0.2, 0.25) is 0 Å². The fourth-order valence-electron chi connectivity index (χ4n) is 0.829. The molecule has 0 aromatic carbocycles. The van der Waals surface area contributed by atoms with E-state index in [1.165, 1.54) is 0 Å². The Morgan fingerprint density at radius 3 is 2.87 bits per heavy atom. The number of hydrogen-bond acceptors (Lipinski definition) is 8. The van der Waals surface area contributed by atoms with Crippen molar-refractivity contribution in [2.24, 2.45) is 5.10 Å². The van der Waals surface area contributed by atoms with Gasteiger partial charge in [-0.2, -0.15) is 0 Å². The van der Waals surface area contributed by atoms with Crippen LogP contribution in [0.5, 0.6) is 0 Å². The van der Waals surface area contributed by atoms with Gasteiger partial charge >= 0.3 is 5.62 Å². The maximum Gasteiger partial charge on any atom is 0.344 e. The van der Waals surface area contributed by atoms with Crippen molar-refractivity contribution in [1.82, 2.24) is 29.9 Å². The van der Waals surface area contributed by atoms with Crippen molar-refractivity contribution in [2.75, 3.05) is 5.73 Å². The van der Waals surface area contributed by atoms with Gasteiger partial charge in [0.2, 0.25) is 0 Å². The SMILES string of the molecule is Nc1nn2/c(=N/[N+](=O)[O-])nnc-2nn1O. The third kappa shape index (κ3) is 1.38. The first-order valence-electron chi connectivity index (χ1n) is 3.44. The van der Waals surface area contributed by atoms with Crippen molar-refractivity contribution in [2.45, 2.75) is 0 Å². The molecule has 15 heavy (non-hydrogen) atoms. The Morgan fingerprint density at radius 2 is 2.20 bits per heavy atom. The highest BCUT2D eigenvalue weighted by Gasteiger charge is 2.15. The Bertz CT molecular complexity index is 552. The fraction of sp³-hybridized carbons (Fsp3) is 0. The summed E-state index contributed by atoms with van der Waals surface area (Å²) in [4.78, 5) is 10.3. The summed E-state index contributed by atoms with van der Waals surface area (Å²) in [6, 6.07) is 0. The molecule has 0 fully saturated rings. The molecular weight excluding hydrogens is 210 g/mol. The first-order valence-corrected chi connectivity index (χ1v) is 3.44. The normalized spacial score (nSPS) is 12.1. The van der Waals surface area contributed by atoms with Crippen LogP contribution in [0.3, 0.4) is 0 Å². The van der Waals surface area contributed by atoms with Crippen molar-refractivity contribution in [3.05, 3.63) is 15.7 Å². The molecule has 0 radical (unpaired) electrons. The highest BCUT2D eigenvalue weighted by Crippen LogP contribution is 1.96. The van der Waals surface area contributed by atoms with Crippen LogP contribution in [0.1, 0.15) is 0 Å². The molecule has 0 amide bonds. The van der Waals surface area contributed by atoms with E-state index in [0.29, 0.717) is 0 Å². The fourth-order valence-corrected chi connectivity index (χ4v) is 0.829. The van der Waals surface area contributed by atoms with E-state index in [1.54, 1.807) is 0 Å². The topological polar surface area (TPSA) is 163 Å². The molecule has 0 saturated carbocycles. The molecule has 2 heterocycles. The van der Waals surface area contributed by atoms with Crippen LogP contribution < -0.4 is 11.4 Å². The summed E-state index contributed by atoms with van der Waals surface area (Å²) in [7, 11) is 0. The minimum absolute atomic E-state index is 0.174. The molecule has 12 nitrogen and oxygen atoms in total. The number of rotatable bonds is 1. The zero-order valence-electron chi connectivity index (χ0n) is 6.92. The average Bonchev–Trinajstić information content (AvgIpc) is 2.49. The van der Waals surface area contributed by atoms with Crippen molar-refractivity contribution in [3.63, 3.8) is 0 Å². The molecule has 3 N–H and O–H groups in total. The lowest BCUT2D eigenvalue weighted by molar-refractivity contribution is -0.491. The van der Waals surface area contributed by atoms with E-state index < -0.39 is 10.7 Å². The maximum atomic E-state index is 10.1. The van der Waals surface area contributed by atoms with Gasteiger partial charge in [-0.3, -0.25) is 0 Å². The summed E-state index contributed by atoms with van der Waals surface area (Å²) in [5.74, 6) is -0.561. The monoisotopic (exact) mass is 213 g/mol. The van der Waals surface area contributed by atoms with Gasteiger partial charge in [0, 0.05) is 0 Å². The summed E-state index contributed by atoms with van der Waals surface area (Å²) in [6.45, 7) is 0. The van der Waals surface area contributed by atoms with Gasteiger partial charge in [0.1, 0.15) is 5.10 Å². The van der Waals surface area contributed by atoms with Gasteiger partial charge in [0.15, 0.2) is 5.03 Å². The van der Waals surface area contributed by atoms with Gasteiger partial charge in [0.25, 0.3) is 11.9 Å². The first kappa shape index (κ1) is 8.79. The number of hydrogen-bond donors (Lipinski definition) is 2. The molecule has 0 spiro atoms. The summed E-state index contributed by atoms with van der Waals surface area (Å²) < 4.78 is 0.824. The molecule has 0 aromatic heterocycles. The number of aromatic nitrogens is 6. The van der Waals surface area contributed by atoms with Crippen molar-refractivity contribution >= 4 is 5.95 Å². The number of anilines is 1. The summed E-state index contributed by atoms with van der Waals surface area (Å²) >= 11 is 0. The van der Waals surface area contributed by atoms with Crippen LogP contribution in [0.4, 0.5) is 5.95 Å². The molecule has 0 atom stereocenters. The van der Waals surface area contributed by atoms with Gasteiger partial charge in [-0.05, 0) is 0 Å². The van der Waals surface area contributed by atoms with E-state index in [0.717, 1.165) is 4.68 Å². The number of fused-ring (bicyclic) bond motifs is 1. The molecule has 78 valence electrons. The van der Waals surface area contributed by atoms with Crippen molar-refractivity contribution in [3.8, 4) is 5.95 Å². The molecule has 2 aliphatic heterocycles. The summed E-state index contributed by atoms with van der Waals surface area (Å²) in [5.41, 5.74) is 4.80. The van der Waals surface area contributed by atoms with Crippen molar-refractivity contribution < 1.29 is 10.2 Å². The Labute approximate surface area is 79.7 Å². The van der Waals surface area contributed by atoms with Crippen LogP contribution in [-0.2, 0) is 0 Å². The quantitative estimate of drug-likeness (QED) is 0.291. The van der Waals surface area contributed by atoms with Crippen LogP contribution in [0.25, 0.3) is 5.95 Å². The Morgan fingerprint density at radius 1 is 1.47 bits per heavy atom. The molecular formula is C3H3N9O3. The van der Waals surface area contributed by atoms with E-state index in [1.807, 2.05) is 0 Å². The second-order valence-electron chi connectivity index (χ2n) is 2.30. The highest BCUT2D eigenvalue weighted by atomic mass is 16.7. The molecule has 0 aromatic rings. The minimum atomic E-state index is -0.964. The van der Waals surface area contributed by atoms with Gasteiger partial charge in [0.05, 0.1) is 0 Å². The largest absolute Gasteiger partial charge is 0.409 e. The van der Waals surface area contributed by atoms with Crippen LogP contribution in [0, 0.1) is 10.1 Å². The predicted octanol–water partition coefficient (Wildman–Crippen LogP) is -2.79. The summed E-state index contributed by atoms with van der Waals surface area (Å²) in [6.07, 6.45) is 0. The third-order valence-corrected chi connectivity index (χ3v) is 1.37. The Balaban J connectivity index is 2.73. The standard InChI is InChI=1S/C3H3N9O3/c4-1-7-10-2(8-11(1)13)5-6-3(10)9-12(14)15/h13H,(H2,4,7)/b9-3+. The second-order valence-corrected chi connectivity index (χ2v) is 2.30. The van der Waals surface area contributed by atoms with Gasteiger partial charge in [-0.1, -0.05) is 15.0 Å². The summed E-state index contributed by atoms with van der Waals surface area (Å²) in [5, 5.41) is 34.6. The zero-order valence-corrected chi connectivity index (χ0v) is 6.92. The van der Waals surface area contributed by atoms with Crippen LogP contribution in [-0.4, -0.2) is 40.2 Å². The predicted molar refractivity (Wildman–Crippen MR) is 40.3 cm³/mol. The first-order chi connectivity index (χ1) is 7.08. The van der Waals surface area contributed by atoms with Crippen molar-refractivity contribution in [1.29, 1.82) is 0 Å². The van der Waals surface area contributed by atoms with E-state index in [2.05, 4.69) is 25.5 Å². The van der Waals surface area contributed by atoms with E-state index >= 15 is 0 Å². The van der Waals surface area contributed by atoms with Gasteiger partial charge < -0.3 is 10.9 Å². The lowest BCUT2D eigenvalue weighted by Crippen LogP contribution is -2.25. The third-order valence-electron chi connectivity index (χ3n) is 1.37. The molecule has 0 bridgehead atoms. The van der Waals surface area contributed by atoms with Crippen LogP contribution >= 0.6 is 0 Å². The Kier molecular flexibility index (Phi) is 1.68. The molecule has 2 rings (SSSR count). The average molecular weight is 213 g/mol. The molecule has 0 unspecified atom stereocenters. The second kappa shape index (κ2) is 2.86. The maximum absolute atomic E-state index is 10.1. The molecule has 0 saturated heterocycles. The molecule has 12 heteroatoms. The molecule has 2 aliphatic rings. The lowest BCUT2D eigenvalue weighted by Gasteiger charge is -2.01. The number of nitrogen functional groups attached to an aromatic ring is 1. The van der Waals surface area contributed by atoms with Gasteiger partial charge in [-0.15, -0.1) is 14.9 Å². The lowest BCUT2D eigenvalue weighted by atomic mass is 10.9. The number of nitrogens with zero attached hydrogens (tertiary/aromatic N) is 8.